The molecule has 68 valence electrons. The normalized spacial score (nSPS) is 11.0. The summed E-state index contributed by atoms with van der Waals surface area (Å²) in [7, 11) is 3.96. The van der Waals surface area contributed by atoms with E-state index in [0.717, 1.165) is 16.5 Å². The van der Waals surface area contributed by atoms with E-state index in [-0.39, 0.29) is 0 Å². The van der Waals surface area contributed by atoms with E-state index in [1.165, 1.54) is 0 Å². The number of rotatable bonds is 0. The maximum absolute atomic E-state index is 9.53. The Labute approximate surface area is 76.8 Å². The largest absolute Gasteiger partial charge is 0.508 e. The second kappa shape index (κ2) is 2.49. The molecule has 0 saturated carbocycles. The van der Waals surface area contributed by atoms with Crippen LogP contribution in [-0.2, 0) is 14.1 Å². The molecule has 0 aliphatic heterocycles. The van der Waals surface area contributed by atoms with E-state index in [1.54, 1.807) is 6.07 Å². The van der Waals surface area contributed by atoms with Gasteiger partial charge in [0, 0.05) is 5.56 Å². The molecule has 0 unspecified atom stereocenters. The van der Waals surface area contributed by atoms with Crippen molar-refractivity contribution in [3.63, 3.8) is 0 Å². The summed E-state index contributed by atoms with van der Waals surface area (Å²) in [6, 6.07) is 3.66. The number of nitrogens with zero attached hydrogens (tertiary/aromatic N) is 2. The van der Waals surface area contributed by atoms with Crippen LogP contribution >= 0.6 is 0 Å². The summed E-state index contributed by atoms with van der Waals surface area (Å²) < 4.78 is 4.02. The maximum atomic E-state index is 9.53. The minimum atomic E-state index is 0.356. The molecular formula is C10H13N2O+. The highest BCUT2D eigenvalue weighted by Gasteiger charge is 2.12. The van der Waals surface area contributed by atoms with Crippen LogP contribution in [0.5, 0.6) is 5.75 Å². The molecule has 1 heterocycles. The van der Waals surface area contributed by atoms with E-state index < -0.39 is 0 Å². The zero-order valence-corrected chi connectivity index (χ0v) is 8.07. The van der Waals surface area contributed by atoms with Crippen molar-refractivity contribution in [3.8, 4) is 5.75 Å². The molecule has 0 spiro atoms. The summed E-state index contributed by atoms with van der Waals surface area (Å²) >= 11 is 0. The van der Waals surface area contributed by atoms with Gasteiger partial charge in [-0.3, -0.25) is 0 Å². The molecule has 0 radical (unpaired) electrons. The predicted molar refractivity (Wildman–Crippen MR) is 50.5 cm³/mol. The predicted octanol–water partition coefficient (Wildman–Crippen LogP) is 1.02. The topological polar surface area (TPSA) is 29.0 Å². The van der Waals surface area contributed by atoms with Gasteiger partial charge in [0.25, 0.3) is 0 Å². The molecule has 0 saturated heterocycles. The SMILES string of the molecule is Cc1c(O)ccc2c[n+](C)n(C)c12. The summed E-state index contributed by atoms with van der Waals surface area (Å²) in [6.45, 7) is 1.93. The Balaban J connectivity index is 2.97. The van der Waals surface area contributed by atoms with Crippen molar-refractivity contribution in [1.29, 1.82) is 0 Å². The number of fused-ring (bicyclic) bond motifs is 1. The van der Waals surface area contributed by atoms with Gasteiger partial charge in [-0.05, 0) is 19.1 Å². The maximum Gasteiger partial charge on any atom is 0.203 e. The van der Waals surface area contributed by atoms with Crippen molar-refractivity contribution in [2.45, 2.75) is 6.92 Å². The first kappa shape index (κ1) is 8.10. The Morgan fingerprint density at radius 3 is 2.77 bits per heavy atom. The van der Waals surface area contributed by atoms with Gasteiger partial charge < -0.3 is 5.11 Å². The van der Waals surface area contributed by atoms with Crippen LogP contribution in [0, 0.1) is 6.92 Å². The molecule has 1 aromatic carbocycles. The van der Waals surface area contributed by atoms with Gasteiger partial charge in [-0.15, -0.1) is 4.68 Å². The van der Waals surface area contributed by atoms with E-state index in [1.807, 2.05) is 42.6 Å². The van der Waals surface area contributed by atoms with Gasteiger partial charge in [0.05, 0.1) is 12.4 Å². The van der Waals surface area contributed by atoms with E-state index in [9.17, 15) is 5.11 Å². The molecule has 0 aliphatic carbocycles. The second-order valence-electron chi connectivity index (χ2n) is 3.37. The smallest absolute Gasteiger partial charge is 0.203 e. The zero-order chi connectivity index (χ0) is 9.59. The Hall–Kier alpha value is -1.51. The zero-order valence-electron chi connectivity index (χ0n) is 8.07. The average Bonchev–Trinajstić information content (AvgIpc) is 2.37. The van der Waals surface area contributed by atoms with Crippen LogP contribution in [0.3, 0.4) is 0 Å². The summed E-state index contributed by atoms with van der Waals surface area (Å²) in [4.78, 5) is 0. The summed E-state index contributed by atoms with van der Waals surface area (Å²) in [6.07, 6.45) is 2.04. The third kappa shape index (κ3) is 1.00. The van der Waals surface area contributed by atoms with Gasteiger partial charge in [-0.1, -0.05) is 0 Å². The van der Waals surface area contributed by atoms with Crippen molar-refractivity contribution in [3.05, 3.63) is 23.9 Å². The molecule has 3 nitrogen and oxygen atoms in total. The number of phenols is 1. The molecule has 0 atom stereocenters. The molecule has 0 aliphatic rings. The van der Waals surface area contributed by atoms with Crippen LogP contribution in [0.2, 0.25) is 0 Å². The lowest BCUT2D eigenvalue weighted by molar-refractivity contribution is -0.748. The summed E-state index contributed by atoms with van der Waals surface area (Å²) in [5.74, 6) is 0.356. The first-order chi connectivity index (χ1) is 6.11. The quantitative estimate of drug-likeness (QED) is 0.598. The highest BCUT2D eigenvalue weighted by Crippen LogP contribution is 2.24. The van der Waals surface area contributed by atoms with E-state index in [0.29, 0.717) is 5.75 Å². The summed E-state index contributed by atoms with van der Waals surface area (Å²) in [5, 5.41) is 10.7. The minimum absolute atomic E-state index is 0.356. The van der Waals surface area contributed by atoms with Gasteiger partial charge >= 0.3 is 0 Å². The fourth-order valence-corrected chi connectivity index (χ4v) is 1.69. The van der Waals surface area contributed by atoms with E-state index >= 15 is 0 Å². The third-order valence-electron chi connectivity index (χ3n) is 2.56. The van der Waals surface area contributed by atoms with Crippen molar-refractivity contribution >= 4 is 10.9 Å². The third-order valence-corrected chi connectivity index (χ3v) is 2.56. The van der Waals surface area contributed by atoms with Crippen LogP contribution in [0.25, 0.3) is 10.9 Å². The van der Waals surface area contributed by atoms with Crippen molar-refractivity contribution < 1.29 is 9.79 Å². The molecule has 13 heavy (non-hydrogen) atoms. The minimum Gasteiger partial charge on any atom is -0.508 e. The highest BCUT2D eigenvalue weighted by atomic mass is 16.3. The van der Waals surface area contributed by atoms with Gasteiger partial charge in [0.15, 0.2) is 7.05 Å². The summed E-state index contributed by atoms with van der Waals surface area (Å²) in [5.41, 5.74) is 2.02. The van der Waals surface area contributed by atoms with Crippen LogP contribution in [-0.4, -0.2) is 9.79 Å². The van der Waals surface area contributed by atoms with Crippen LogP contribution < -0.4 is 4.68 Å². The van der Waals surface area contributed by atoms with Gasteiger partial charge in [0.1, 0.15) is 11.3 Å². The van der Waals surface area contributed by atoms with E-state index in [2.05, 4.69) is 0 Å². The number of hydrogen-bond donors (Lipinski definition) is 1. The van der Waals surface area contributed by atoms with Gasteiger partial charge in [0.2, 0.25) is 6.20 Å². The Morgan fingerprint density at radius 1 is 1.38 bits per heavy atom. The lowest BCUT2D eigenvalue weighted by atomic mass is 10.1. The van der Waals surface area contributed by atoms with E-state index in [4.69, 9.17) is 0 Å². The monoisotopic (exact) mass is 177 g/mol. The van der Waals surface area contributed by atoms with Gasteiger partial charge in [-0.25, -0.2) is 0 Å². The second-order valence-corrected chi connectivity index (χ2v) is 3.37. The number of benzene rings is 1. The molecule has 1 N–H and O–H groups in total. The van der Waals surface area contributed by atoms with Crippen LogP contribution in [0.4, 0.5) is 0 Å². The molecular weight excluding hydrogens is 164 g/mol. The number of aryl methyl sites for hydroxylation is 3. The molecule has 3 heteroatoms. The number of hydrogen-bond acceptors (Lipinski definition) is 1. The average molecular weight is 177 g/mol. The lowest BCUT2D eigenvalue weighted by Crippen LogP contribution is -2.36. The van der Waals surface area contributed by atoms with Crippen molar-refractivity contribution in [2.24, 2.45) is 14.1 Å². The molecule has 0 bridgehead atoms. The fourth-order valence-electron chi connectivity index (χ4n) is 1.69. The van der Waals surface area contributed by atoms with Gasteiger partial charge in [-0.2, -0.15) is 4.68 Å². The number of aromatic hydroxyl groups is 1. The molecule has 1 aromatic heterocycles. The first-order valence-electron chi connectivity index (χ1n) is 4.25. The standard InChI is InChI=1S/C10H12N2O/c1-7-9(13)5-4-8-6-11(2)12(3)10(7)8/h4-6H,1-3H3/p+1. The van der Waals surface area contributed by atoms with Crippen LogP contribution in [0.15, 0.2) is 18.3 Å². The Morgan fingerprint density at radius 2 is 2.08 bits per heavy atom. The fraction of sp³-hybridized carbons (Fsp3) is 0.300. The number of aromatic nitrogens is 2. The molecule has 0 fully saturated rings. The van der Waals surface area contributed by atoms with Crippen molar-refractivity contribution in [2.75, 3.05) is 0 Å². The molecule has 0 amide bonds. The first-order valence-corrected chi connectivity index (χ1v) is 4.25. The lowest BCUT2D eigenvalue weighted by Gasteiger charge is -1.99. The number of phenolic OH excluding ortho intramolecular Hbond substituents is 1. The Bertz CT molecular complexity index is 471. The Kier molecular flexibility index (Phi) is 1.55. The molecule has 2 rings (SSSR count). The van der Waals surface area contributed by atoms with Crippen LogP contribution in [0.1, 0.15) is 5.56 Å². The molecule has 2 aromatic rings. The highest BCUT2D eigenvalue weighted by molar-refractivity contribution is 5.82. The van der Waals surface area contributed by atoms with Crippen molar-refractivity contribution in [1.82, 2.24) is 4.68 Å².